The van der Waals surface area contributed by atoms with Gasteiger partial charge in [0.05, 0.1) is 17.7 Å². The number of fused-ring (bicyclic) bond motifs is 1. The molecule has 2 heterocycles. The van der Waals surface area contributed by atoms with Crippen LogP contribution in [0.3, 0.4) is 0 Å². The summed E-state index contributed by atoms with van der Waals surface area (Å²) in [7, 11) is 0. The van der Waals surface area contributed by atoms with Crippen LogP contribution in [0.25, 0.3) is 27.2 Å². The average molecular weight is 651 g/mol. The molecule has 6 aromatic rings. The lowest BCUT2D eigenvalue weighted by atomic mass is 9.77. The number of nitrogens with zero attached hydrogens (tertiary/aromatic N) is 3. The molecule has 0 amide bonds. The molecule has 1 atom stereocenters. The summed E-state index contributed by atoms with van der Waals surface area (Å²) in [6.07, 6.45) is 8.43. The van der Waals surface area contributed by atoms with Gasteiger partial charge in [0.15, 0.2) is 0 Å². The first-order valence-electron chi connectivity index (χ1n) is 17.9. The number of benzene rings is 6. The van der Waals surface area contributed by atoms with Gasteiger partial charge in [-0.05, 0) is 88.2 Å². The maximum absolute atomic E-state index is 9.85. The van der Waals surface area contributed by atoms with Gasteiger partial charge in [-0.15, -0.1) is 0 Å². The van der Waals surface area contributed by atoms with Crippen LogP contribution < -0.4 is 20.3 Å². The Hall–Kier alpha value is -5.79. The molecule has 1 unspecified atom stereocenters. The number of hydrogen-bond acceptors (Lipinski definition) is 4. The SMILES string of the molecule is CC.CC1(C)c2cc(C#N)ccc2N(c2ccc3ccc4c5c(ccc2c35)CCC=4N(C2=CC=CCN2)c2ccccc2)C1c1ccccc1. The van der Waals surface area contributed by atoms with Crippen LogP contribution >= 0.6 is 0 Å². The van der Waals surface area contributed by atoms with Crippen LogP contribution in [0, 0.1) is 11.3 Å². The molecule has 0 spiro atoms. The van der Waals surface area contributed by atoms with Gasteiger partial charge in [0.2, 0.25) is 0 Å². The van der Waals surface area contributed by atoms with E-state index in [1.165, 1.54) is 60.5 Å². The Bertz CT molecular complexity index is 2400. The number of nitriles is 1. The number of para-hydroxylation sites is 1. The van der Waals surface area contributed by atoms with Crippen LogP contribution in [0.15, 0.2) is 139 Å². The summed E-state index contributed by atoms with van der Waals surface area (Å²) in [5.41, 5.74) is 9.20. The summed E-state index contributed by atoms with van der Waals surface area (Å²) < 4.78 is 0. The monoisotopic (exact) mass is 650 g/mol. The van der Waals surface area contributed by atoms with Crippen molar-refractivity contribution < 1.29 is 0 Å². The molecule has 0 saturated carbocycles. The third-order valence-electron chi connectivity index (χ3n) is 10.6. The van der Waals surface area contributed by atoms with E-state index in [1.54, 1.807) is 0 Å². The molecular weight excluding hydrogens is 609 g/mol. The number of aryl methyl sites for hydroxylation is 1. The zero-order valence-electron chi connectivity index (χ0n) is 29.2. The molecule has 0 saturated heterocycles. The molecule has 1 N–H and O–H groups in total. The lowest BCUT2D eigenvalue weighted by molar-refractivity contribution is 0.449. The van der Waals surface area contributed by atoms with Crippen molar-refractivity contribution in [3.8, 4) is 6.07 Å². The second-order valence-corrected chi connectivity index (χ2v) is 13.7. The summed E-state index contributed by atoms with van der Waals surface area (Å²) in [5, 5.41) is 20.0. The van der Waals surface area contributed by atoms with Gasteiger partial charge in [0.1, 0.15) is 5.82 Å². The minimum absolute atomic E-state index is 0.0581. The highest BCUT2D eigenvalue weighted by Crippen LogP contribution is 2.57. The molecule has 4 heteroatoms. The maximum Gasteiger partial charge on any atom is 0.110 e. The minimum atomic E-state index is -0.233. The molecule has 0 fully saturated rings. The van der Waals surface area contributed by atoms with Crippen molar-refractivity contribution in [1.29, 1.82) is 5.26 Å². The molecule has 9 rings (SSSR count). The van der Waals surface area contributed by atoms with E-state index in [4.69, 9.17) is 0 Å². The van der Waals surface area contributed by atoms with Gasteiger partial charge < -0.3 is 15.1 Å². The molecule has 4 nitrogen and oxygen atoms in total. The average Bonchev–Trinajstić information content (AvgIpc) is 3.41. The molecular formula is C46H42N4. The van der Waals surface area contributed by atoms with Crippen LogP contribution in [0.5, 0.6) is 0 Å². The standard InChI is InChI=1S/C44H36N4.C2H6/c1-44(2)36-27-29(28-45)16-23-39(36)48(43(44)32-11-5-3-6-12-32)38-25-20-31-17-21-34-37(24-19-30-18-22-35(38)42(31)41(30)34)47(33-13-7-4-8-14-33)40-15-9-10-26-46-40;1-2/h3-18,20-23,25,27,43,46H,19,24,26H2,1-2H3;1-2H3. The van der Waals surface area contributed by atoms with E-state index in [0.717, 1.165) is 30.9 Å². The van der Waals surface area contributed by atoms with E-state index in [-0.39, 0.29) is 11.5 Å². The predicted octanol–water partition coefficient (Wildman–Crippen LogP) is 10.3. The highest BCUT2D eigenvalue weighted by atomic mass is 15.3. The van der Waals surface area contributed by atoms with E-state index in [2.05, 4.69) is 162 Å². The largest absolute Gasteiger partial charge is 0.368 e. The molecule has 1 aliphatic carbocycles. The van der Waals surface area contributed by atoms with Crippen LogP contribution in [0.2, 0.25) is 0 Å². The van der Waals surface area contributed by atoms with E-state index in [1.807, 2.05) is 19.9 Å². The molecule has 50 heavy (non-hydrogen) atoms. The minimum Gasteiger partial charge on any atom is -0.368 e. The summed E-state index contributed by atoms with van der Waals surface area (Å²) in [6, 6.07) is 44.3. The number of allylic oxidation sites excluding steroid dienone is 2. The number of dihydropyridines is 1. The number of hydrogen-bond donors (Lipinski definition) is 1. The lowest BCUT2D eigenvalue weighted by Crippen LogP contribution is -2.36. The number of anilines is 3. The van der Waals surface area contributed by atoms with Gasteiger partial charge in [-0.25, -0.2) is 0 Å². The van der Waals surface area contributed by atoms with Crippen molar-refractivity contribution in [1.82, 2.24) is 5.32 Å². The lowest BCUT2D eigenvalue weighted by Gasteiger charge is -2.36. The van der Waals surface area contributed by atoms with E-state index in [0.29, 0.717) is 5.56 Å². The van der Waals surface area contributed by atoms with Crippen molar-refractivity contribution in [3.63, 3.8) is 0 Å². The Kier molecular flexibility index (Phi) is 7.92. The molecule has 2 aliphatic heterocycles. The Morgan fingerprint density at radius 1 is 0.800 bits per heavy atom. The van der Waals surface area contributed by atoms with E-state index >= 15 is 0 Å². The second kappa shape index (κ2) is 12.6. The quantitative estimate of drug-likeness (QED) is 0.202. The third kappa shape index (κ3) is 4.88. The van der Waals surface area contributed by atoms with Crippen molar-refractivity contribution >= 4 is 44.3 Å². The zero-order chi connectivity index (χ0) is 34.4. The molecule has 0 radical (unpaired) electrons. The first-order valence-corrected chi connectivity index (χ1v) is 17.9. The topological polar surface area (TPSA) is 42.3 Å². The fourth-order valence-electron chi connectivity index (χ4n) is 8.51. The van der Waals surface area contributed by atoms with Crippen LogP contribution in [-0.2, 0) is 11.8 Å². The smallest absolute Gasteiger partial charge is 0.110 e. The van der Waals surface area contributed by atoms with Crippen molar-refractivity contribution in [2.45, 2.75) is 52.0 Å². The third-order valence-corrected chi connectivity index (χ3v) is 10.6. The van der Waals surface area contributed by atoms with Gasteiger partial charge in [0, 0.05) is 45.3 Å². The van der Waals surface area contributed by atoms with Crippen LogP contribution in [-0.4, -0.2) is 6.54 Å². The predicted molar refractivity (Wildman–Crippen MR) is 209 cm³/mol. The van der Waals surface area contributed by atoms with Crippen molar-refractivity contribution in [3.05, 3.63) is 167 Å². The molecule has 0 aromatic heterocycles. The number of rotatable bonds is 5. The Labute approximate surface area is 295 Å². The first-order chi connectivity index (χ1) is 24.5. The Morgan fingerprint density at radius 2 is 1.54 bits per heavy atom. The first kappa shape index (κ1) is 31.5. The van der Waals surface area contributed by atoms with Gasteiger partial charge in [-0.3, -0.25) is 0 Å². The van der Waals surface area contributed by atoms with Crippen molar-refractivity contribution in [2.75, 3.05) is 16.3 Å². The normalized spacial score (nSPS) is 17.0. The molecule has 0 bridgehead atoms. The fourth-order valence-corrected chi connectivity index (χ4v) is 8.51. The highest BCUT2D eigenvalue weighted by Gasteiger charge is 2.46. The van der Waals surface area contributed by atoms with Crippen molar-refractivity contribution in [2.24, 2.45) is 0 Å². The summed E-state index contributed by atoms with van der Waals surface area (Å²) in [5.74, 6) is 1.10. The van der Waals surface area contributed by atoms with E-state index in [9.17, 15) is 5.26 Å². The number of nitrogens with one attached hydrogen (secondary N) is 1. The Morgan fingerprint density at radius 3 is 2.28 bits per heavy atom. The van der Waals surface area contributed by atoms with E-state index < -0.39 is 0 Å². The molecule has 6 aromatic carbocycles. The van der Waals surface area contributed by atoms with Crippen LogP contribution in [0.4, 0.5) is 17.1 Å². The fraction of sp³-hybridized carbons (Fsp3) is 0.196. The van der Waals surface area contributed by atoms with Crippen LogP contribution in [0.1, 0.15) is 62.4 Å². The summed E-state index contributed by atoms with van der Waals surface area (Å²) in [4.78, 5) is 4.97. The molecule has 3 aliphatic rings. The summed E-state index contributed by atoms with van der Waals surface area (Å²) in [6.45, 7) is 9.46. The molecule has 246 valence electrons. The van der Waals surface area contributed by atoms with Gasteiger partial charge >= 0.3 is 0 Å². The van der Waals surface area contributed by atoms with Gasteiger partial charge in [-0.2, -0.15) is 5.26 Å². The van der Waals surface area contributed by atoms with Gasteiger partial charge in [0.25, 0.3) is 0 Å². The zero-order valence-corrected chi connectivity index (χ0v) is 29.2. The second-order valence-electron chi connectivity index (χ2n) is 13.7. The highest BCUT2D eigenvalue weighted by molar-refractivity contribution is 6.17. The maximum atomic E-state index is 9.85. The summed E-state index contributed by atoms with van der Waals surface area (Å²) >= 11 is 0. The van der Waals surface area contributed by atoms with Gasteiger partial charge in [-0.1, -0.05) is 119 Å². The Balaban J connectivity index is 0.00000177.